The molecule has 0 spiro atoms. The lowest BCUT2D eigenvalue weighted by Gasteiger charge is -2.27. The van der Waals surface area contributed by atoms with Crippen LogP contribution in [0.25, 0.3) is 0 Å². The first kappa shape index (κ1) is 12.5. The Labute approximate surface area is 99.7 Å². The van der Waals surface area contributed by atoms with E-state index in [1.807, 2.05) is 0 Å². The first-order chi connectivity index (χ1) is 8.05. The second kappa shape index (κ2) is 5.13. The summed E-state index contributed by atoms with van der Waals surface area (Å²) in [5.74, 6) is 0. The van der Waals surface area contributed by atoms with E-state index in [9.17, 15) is 12.9 Å². The maximum absolute atomic E-state index is 12.6. The second-order valence-electron chi connectivity index (χ2n) is 4.66. The molecule has 1 nitrogen and oxygen atoms in total. The van der Waals surface area contributed by atoms with Gasteiger partial charge in [-0.05, 0) is 31.5 Å². The van der Waals surface area contributed by atoms with E-state index in [0.717, 1.165) is 37.6 Å². The number of likely N-dealkylation sites (tertiary alicyclic amines) is 1. The van der Waals surface area contributed by atoms with Crippen LogP contribution in [0, 0.1) is 0 Å². The fourth-order valence-corrected chi connectivity index (χ4v) is 2.27. The third-order valence-corrected chi connectivity index (χ3v) is 3.18. The molecule has 1 aromatic rings. The smallest absolute Gasteiger partial charge is 0.445 e. The van der Waals surface area contributed by atoms with Crippen LogP contribution in [0.5, 0.6) is 0 Å². The Hall–Kier alpha value is -0.965. The van der Waals surface area contributed by atoms with Gasteiger partial charge in [0.25, 0.3) is 0 Å². The summed E-state index contributed by atoms with van der Waals surface area (Å²) in [4.78, 5) is 2.23. The first-order valence-corrected chi connectivity index (χ1v) is 6.07. The summed E-state index contributed by atoms with van der Waals surface area (Å²) in [6, 6.07) is 5.72. The fourth-order valence-electron chi connectivity index (χ4n) is 2.27. The zero-order valence-corrected chi connectivity index (χ0v) is 9.71. The topological polar surface area (TPSA) is 3.24 Å². The van der Waals surface area contributed by atoms with Gasteiger partial charge in [0.1, 0.15) is 0 Å². The lowest BCUT2D eigenvalue weighted by atomic mass is 9.79. The molecule has 0 amide bonds. The van der Waals surface area contributed by atoms with Crippen molar-refractivity contribution in [2.75, 3.05) is 13.1 Å². The van der Waals surface area contributed by atoms with Crippen molar-refractivity contribution >= 4 is 12.4 Å². The third-order valence-electron chi connectivity index (χ3n) is 3.18. The van der Waals surface area contributed by atoms with Gasteiger partial charge in [0, 0.05) is 6.54 Å². The van der Waals surface area contributed by atoms with Crippen molar-refractivity contribution in [1.29, 1.82) is 0 Å². The lowest BCUT2D eigenvalue weighted by molar-refractivity contribution is 0.221. The highest BCUT2D eigenvalue weighted by Crippen LogP contribution is 2.14. The zero-order chi connectivity index (χ0) is 12.3. The number of piperidine rings is 1. The fraction of sp³-hybridized carbons (Fsp3) is 0.500. The molecule has 0 bridgehead atoms. The van der Waals surface area contributed by atoms with E-state index in [4.69, 9.17) is 0 Å². The van der Waals surface area contributed by atoms with Gasteiger partial charge in [0.2, 0.25) is 0 Å². The van der Waals surface area contributed by atoms with Crippen LogP contribution in [0.4, 0.5) is 12.9 Å². The standard InChI is InChI=1S/C12H16BF3N/c14-13(15,16)12-6-4-5-11(9-12)10-17-7-2-1-3-8-17/h4-6,9H,1-3,7-8,10H2/q-1. The quantitative estimate of drug-likeness (QED) is 0.736. The Kier molecular flexibility index (Phi) is 3.77. The molecule has 1 aliphatic heterocycles. The Morgan fingerprint density at radius 2 is 1.76 bits per heavy atom. The van der Waals surface area contributed by atoms with Gasteiger partial charge in [-0.25, -0.2) is 0 Å². The van der Waals surface area contributed by atoms with Gasteiger partial charge in [0.05, 0.1) is 0 Å². The summed E-state index contributed by atoms with van der Waals surface area (Å²) in [5.41, 5.74) is 0.281. The summed E-state index contributed by atoms with van der Waals surface area (Å²) in [5, 5.41) is 0. The van der Waals surface area contributed by atoms with Crippen molar-refractivity contribution in [2.24, 2.45) is 0 Å². The Morgan fingerprint density at radius 3 is 2.41 bits per heavy atom. The van der Waals surface area contributed by atoms with Crippen LogP contribution >= 0.6 is 0 Å². The number of rotatable bonds is 3. The molecule has 5 heteroatoms. The molecule has 0 unspecified atom stereocenters. The molecule has 1 saturated heterocycles. The van der Waals surface area contributed by atoms with Crippen molar-refractivity contribution in [3.63, 3.8) is 0 Å². The Bertz CT molecular complexity index is 372. The van der Waals surface area contributed by atoms with Crippen LogP contribution in [0.3, 0.4) is 0 Å². The van der Waals surface area contributed by atoms with Crippen LogP contribution < -0.4 is 5.46 Å². The predicted molar refractivity (Wildman–Crippen MR) is 64.3 cm³/mol. The van der Waals surface area contributed by atoms with Crippen molar-refractivity contribution < 1.29 is 12.9 Å². The zero-order valence-electron chi connectivity index (χ0n) is 9.71. The molecule has 0 aromatic heterocycles. The van der Waals surface area contributed by atoms with E-state index in [2.05, 4.69) is 4.90 Å². The third kappa shape index (κ3) is 3.50. The number of nitrogens with zero attached hydrogens (tertiary/aromatic N) is 1. The average Bonchev–Trinajstić information content (AvgIpc) is 2.29. The Morgan fingerprint density at radius 1 is 1.06 bits per heavy atom. The number of halogens is 3. The first-order valence-electron chi connectivity index (χ1n) is 6.07. The predicted octanol–water partition coefficient (Wildman–Crippen LogP) is 2.73. The molecule has 1 aromatic carbocycles. The summed E-state index contributed by atoms with van der Waals surface area (Å²) < 4.78 is 37.8. The van der Waals surface area contributed by atoms with Gasteiger partial charge in [-0.2, -0.15) is 0 Å². The van der Waals surface area contributed by atoms with Crippen LogP contribution in [-0.2, 0) is 6.54 Å². The largest absolute Gasteiger partial charge is 0.509 e. The minimum absolute atomic E-state index is 0.487. The maximum atomic E-state index is 12.6. The molecular formula is C12H16BF3N-. The lowest BCUT2D eigenvalue weighted by Crippen LogP contribution is -2.35. The number of hydrogen-bond donors (Lipinski definition) is 0. The van der Waals surface area contributed by atoms with Gasteiger partial charge in [-0.3, -0.25) is 4.90 Å². The molecule has 1 heterocycles. The molecular weight excluding hydrogens is 226 g/mol. The Balaban J connectivity index is 2.05. The normalized spacial score (nSPS) is 18.3. The van der Waals surface area contributed by atoms with Gasteiger partial charge < -0.3 is 12.9 Å². The summed E-state index contributed by atoms with van der Waals surface area (Å²) in [6.07, 6.45) is 3.55. The van der Waals surface area contributed by atoms with Crippen LogP contribution in [0.2, 0.25) is 0 Å². The number of benzene rings is 1. The second-order valence-corrected chi connectivity index (χ2v) is 4.66. The number of hydrogen-bond acceptors (Lipinski definition) is 1. The molecule has 17 heavy (non-hydrogen) atoms. The van der Waals surface area contributed by atoms with Crippen molar-refractivity contribution in [3.8, 4) is 0 Å². The molecule has 1 aliphatic rings. The van der Waals surface area contributed by atoms with Crippen molar-refractivity contribution in [2.45, 2.75) is 25.8 Å². The molecule has 0 aliphatic carbocycles. The van der Waals surface area contributed by atoms with E-state index in [1.54, 1.807) is 6.07 Å². The molecule has 0 radical (unpaired) electrons. The van der Waals surface area contributed by atoms with Crippen LogP contribution in [-0.4, -0.2) is 25.0 Å². The minimum Gasteiger partial charge on any atom is -0.445 e. The summed E-state index contributed by atoms with van der Waals surface area (Å²) in [6.45, 7) is -2.23. The van der Waals surface area contributed by atoms with Gasteiger partial charge in [-0.15, -0.1) is 5.46 Å². The maximum Gasteiger partial charge on any atom is 0.509 e. The highest BCUT2D eigenvalue weighted by molar-refractivity contribution is 6.73. The molecule has 2 rings (SSSR count). The van der Waals surface area contributed by atoms with E-state index >= 15 is 0 Å². The highest BCUT2D eigenvalue weighted by atomic mass is 19.4. The molecule has 0 saturated carbocycles. The molecule has 0 atom stereocenters. The highest BCUT2D eigenvalue weighted by Gasteiger charge is 2.25. The van der Waals surface area contributed by atoms with Crippen LogP contribution in [0.1, 0.15) is 24.8 Å². The summed E-state index contributed by atoms with van der Waals surface area (Å²) >= 11 is 0. The summed E-state index contributed by atoms with van der Waals surface area (Å²) in [7, 11) is 0. The van der Waals surface area contributed by atoms with E-state index in [0.29, 0.717) is 6.54 Å². The van der Waals surface area contributed by atoms with E-state index < -0.39 is 12.4 Å². The van der Waals surface area contributed by atoms with Crippen molar-refractivity contribution in [1.82, 2.24) is 4.90 Å². The SMILES string of the molecule is F[B-](F)(F)c1cccc(CN2CCCCC2)c1. The van der Waals surface area contributed by atoms with Crippen LogP contribution in [0.15, 0.2) is 24.3 Å². The molecule has 94 valence electrons. The van der Waals surface area contributed by atoms with Gasteiger partial charge >= 0.3 is 6.98 Å². The monoisotopic (exact) mass is 242 g/mol. The average molecular weight is 242 g/mol. The van der Waals surface area contributed by atoms with Gasteiger partial charge in [-0.1, -0.05) is 30.7 Å². The van der Waals surface area contributed by atoms with E-state index in [1.165, 1.54) is 18.6 Å². The van der Waals surface area contributed by atoms with Crippen molar-refractivity contribution in [3.05, 3.63) is 29.8 Å². The van der Waals surface area contributed by atoms with Gasteiger partial charge in [0.15, 0.2) is 0 Å². The minimum atomic E-state index is -4.87. The molecule has 1 fully saturated rings. The van der Waals surface area contributed by atoms with E-state index in [-0.39, 0.29) is 0 Å². The molecule has 0 N–H and O–H groups in total.